The molecule has 128 valence electrons. The van der Waals surface area contributed by atoms with E-state index in [1.54, 1.807) is 18.2 Å². The average Bonchev–Trinajstić information content (AvgIpc) is 3.10. The van der Waals surface area contributed by atoms with Gasteiger partial charge in [-0.2, -0.15) is 0 Å². The maximum atomic E-state index is 13.7. The summed E-state index contributed by atoms with van der Waals surface area (Å²) in [6, 6.07) is 14.4. The van der Waals surface area contributed by atoms with Crippen LogP contribution in [0.15, 0.2) is 65.1 Å². The second-order valence-electron chi connectivity index (χ2n) is 5.42. The molecule has 3 aromatic rings. The number of aliphatic hydroxyl groups excluding tert-OH is 1. The van der Waals surface area contributed by atoms with Crippen LogP contribution >= 0.6 is 0 Å². The zero-order valence-corrected chi connectivity index (χ0v) is 13.1. The maximum Gasteiger partial charge on any atom is 0.287 e. The van der Waals surface area contributed by atoms with E-state index in [-0.39, 0.29) is 23.6 Å². The SMILES string of the molecule is O=C(NCC(O)c1ccc(F)cc1)c1ccc(-c2ccccc2F)o1. The molecule has 0 fully saturated rings. The summed E-state index contributed by atoms with van der Waals surface area (Å²) in [4.78, 5) is 12.1. The maximum absolute atomic E-state index is 13.7. The number of carbonyl (C=O) groups is 1. The van der Waals surface area contributed by atoms with Gasteiger partial charge in [-0.05, 0) is 42.0 Å². The Morgan fingerprint density at radius 1 is 1.04 bits per heavy atom. The van der Waals surface area contributed by atoms with Crippen molar-refractivity contribution in [3.8, 4) is 11.3 Å². The Hall–Kier alpha value is -2.99. The molecular weight excluding hydrogens is 328 g/mol. The van der Waals surface area contributed by atoms with Crippen LogP contribution in [-0.2, 0) is 0 Å². The van der Waals surface area contributed by atoms with Crippen LogP contribution < -0.4 is 5.32 Å². The van der Waals surface area contributed by atoms with Crippen molar-refractivity contribution >= 4 is 5.91 Å². The van der Waals surface area contributed by atoms with E-state index in [9.17, 15) is 18.7 Å². The normalized spacial score (nSPS) is 12.0. The van der Waals surface area contributed by atoms with Crippen LogP contribution in [0, 0.1) is 11.6 Å². The number of hydrogen-bond donors (Lipinski definition) is 2. The first-order valence-corrected chi connectivity index (χ1v) is 7.61. The molecule has 2 aromatic carbocycles. The molecule has 1 unspecified atom stereocenters. The molecular formula is C19H15F2NO3. The zero-order chi connectivity index (χ0) is 17.8. The van der Waals surface area contributed by atoms with Crippen LogP contribution in [0.2, 0.25) is 0 Å². The Labute approximate surface area is 142 Å². The Bertz CT molecular complexity index is 874. The fourth-order valence-corrected chi connectivity index (χ4v) is 2.34. The van der Waals surface area contributed by atoms with E-state index in [2.05, 4.69) is 5.32 Å². The Morgan fingerprint density at radius 3 is 2.48 bits per heavy atom. The second-order valence-corrected chi connectivity index (χ2v) is 5.42. The summed E-state index contributed by atoms with van der Waals surface area (Å²) in [6.45, 7) is -0.0692. The smallest absolute Gasteiger partial charge is 0.287 e. The van der Waals surface area contributed by atoms with Crippen LogP contribution in [0.3, 0.4) is 0 Å². The molecule has 4 nitrogen and oxygen atoms in total. The highest BCUT2D eigenvalue weighted by atomic mass is 19.1. The van der Waals surface area contributed by atoms with Crippen molar-refractivity contribution in [1.29, 1.82) is 0 Å². The predicted molar refractivity (Wildman–Crippen MR) is 87.8 cm³/mol. The third-order valence-corrected chi connectivity index (χ3v) is 3.68. The van der Waals surface area contributed by atoms with Gasteiger partial charge in [-0.15, -0.1) is 0 Å². The quantitative estimate of drug-likeness (QED) is 0.743. The molecule has 1 amide bonds. The van der Waals surface area contributed by atoms with Gasteiger partial charge in [-0.3, -0.25) is 4.79 Å². The Balaban J connectivity index is 1.64. The van der Waals surface area contributed by atoms with Gasteiger partial charge in [-0.25, -0.2) is 8.78 Å². The highest BCUT2D eigenvalue weighted by Crippen LogP contribution is 2.24. The van der Waals surface area contributed by atoms with Crippen LogP contribution in [0.1, 0.15) is 22.2 Å². The second kappa shape index (κ2) is 7.27. The Kier molecular flexibility index (Phi) is 4.90. The van der Waals surface area contributed by atoms with Gasteiger partial charge in [0.05, 0.1) is 11.7 Å². The van der Waals surface area contributed by atoms with Gasteiger partial charge in [0, 0.05) is 6.54 Å². The molecule has 1 atom stereocenters. The third-order valence-electron chi connectivity index (χ3n) is 3.68. The fraction of sp³-hybridized carbons (Fsp3) is 0.105. The van der Waals surface area contributed by atoms with Gasteiger partial charge in [0.1, 0.15) is 17.4 Å². The minimum atomic E-state index is -0.981. The molecule has 1 aromatic heterocycles. The summed E-state index contributed by atoms with van der Waals surface area (Å²) in [5, 5.41) is 12.5. The minimum absolute atomic E-state index is 0.00422. The number of furan rings is 1. The largest absolute Gasteiger partial charge is 0.451 e. The standard InChI is InChI=1S/C19H15F2NO3/c20-13-7-5-12(6-8-13)16(23)11-22-19(24)18-10-9-17(25-18)14-3-1-2-4-15(14)21/h1-10,16,23H,11H2,(H,22,24). The van der Waals surface area contributed by atoms with E-state index >= 15 is 0 Å². The van der Waals surface area contributed by atoms with Gasteiger partial charge < -0.3 is 14.8 Å². The summed E-state index contributed by atoms with van der Waals surface area (Å²) in [5.74, 6) is -1.15. The van der Waals surface area contributed by atoms with E-state index in [4.69, 9.17) is 4.42 Å². The van der Waals surface area contributed by atoms with Gasteiger partial charge in [0.15, 0.2) is 5.76 Å². The van der Waals surface area contributed by atoms with Crippen LogP contribution in [0.5, 0.6) is 0 Å². The van der Waals surface area contributed by atoms with Gasteiger partial charge >= 0.3 is 0 Å². The monoisotopic (exact) mass is 343 g/mol. The highest BCUT2D eigenvalue weighted by molar-refractivity contribution is 5.92. The van der Waals surface area contributed by atoms with Crippen molar-refractivity contribution in [2.45, 2.75) is 6.10 Å². The summed E-state index contributed by atoms with van der Waals surface area (Å²) >= 11 is 0. The summed E-state index contributed by atoms with van der Waals surface area (Å²) < 4.78 is 32.0. The molecule has 0 saturated heterocycles. The lowest BCUT2D eigenvalue weighted by Gasteiger charge is -2.11. The fourth-order valence-electron chi connectivity index (χ4n) is 2.34. The molecule has 6 heteroatoms. The van der Waals surface area contributed by atoms with Crippen molar-refractivity contribution in [2.24, 2.45) is 0 Å². The molecule has 25 heavy (non-hydrogen) atoms. The predicted octanol–water partition coefficient (Wildman–Crippen LogP) is 3.69. The summed E-state index contributed by atoms with van der Waals surface area (Å²) in [6.07, 6.45) is -0.981. The van der Waals surface area contributed by atoms with E-state index < -0.39 is 23.6 Å². The molecule has 0 spiro atoms. The molecule has 0 aliphatic heterocycles. The topological polar surface area (TPSA) is 62.5 Å². The van der Waals surface area contributed by atoms with Crippen molar-refractivity contribution in [1.82, 2.24) is 5.32 Å². The molecule has 0 saturated carbocycles. The number of hydrogen-bond acceptors (Lipinski definition) is 3. The van der Waals surface area contributed by atoms with Gasteiger partial charge in [0.25, 0.3) is 5.91 Å². The van der Waals surface area contributed by atoms with E-state index in [0.29, 0.717) is 5.56 Å². The number of amides is 1. The molecule has 0 radical (unpaired) electrons. The third kappa shape index (κ3) is 3.92. The average molecular weight is 343 g/mol. The highest BCUT2D eigenvalue weighted by Gasteiger charge is 2.16. The first-order valence-electron chi connectivity index (χ1n) is 7.61. The number of carbonyl (C=O) groups excluding carboxylic acids is 1. The lowest BCUT2D eigenvalue weighted by Crippen LogP contribution is -2.28. The van der Waals surface area contributed by atoms with Gasteiger partial charge in [-0.1, -0.05) is 24.3 Å². The van der Waals surface area contributed by atoms with Crippen LogP contribution in [0.4, 0.5) is 8.78 Å². The number of aliphatic hydroxyl groups is 1. The molecule has 2 N–H and O–H groups in total. The van der Waals surface area contributed by atoms with E-state index in [0.717, 1.165) is 0 Å². The number of benzene rings is 2. The summed E-state index contributed by atoms with van der Waals surface area (Å²) in [5.41, 5.74) is 0.737. The van der Waals surface area contributed by atoms with Crippen molar-refractivity contribution < 1.29 is 23.1 Å². The summed E-state index contributed by atoms with van der Waals surface area (Å²) in [7, 11) is 0. The number of nitrogens with one attached hydrogen (secondary N) is 1. The van der Waals surface area contributed by atoms with Crippen molar-refractivity contribution in [3.63, 3.8) is 0 Å². The first kappa shape index (κ1) is 16.9. The van der Waals surface area contributed by atoms with Crippen molar-refractivity contribution in [3.05, 3.63) is 83.6 Å². The molecule has 0 bridgehead atoms. The first-order chi connectivity index (χ1) is 12.0. The van der Waals surface area contributed by atoms with Crippen LogP contribution in [0.25, 0.3) is 11.3 Å². The molecule has 1 heterocycles. The van der Waals surface area contributed by atoms with Crippen molar-refractivity contribution in [2.75, 3.05) is 6.54 Å². The lowest BCUT2D eigenvalue weighted by molar-refractivity contribution is 0.0889. The molecule has 3 rings (SSSR count). The number of halogens is 2. The van der Waals surface area contributed by atoms with E-state index in [1.807, 2.05) is 0 Å². The van der Waals surface area contributed by atoms with Crippen LogP contribution in [-0.4, -0.2) is 17.6 Å². The molecule has 0 aliphatic rings. The zero-order valence-electron chi connectivity index (χ0n) is 13.1. The van der Waals surface area contributed by atoms with Gasteiger partial charge in [0.2, 0.25) is 0 Å². The lowest BCUT2D eigenvalue weighted by atomic mass is 10.1. The molecule has 0 aliphatic carbocycles. The number of rotatable bonds is 5. The Morgan fingerprint density at radius 2 is 1.76 bits per heavy atom. The van der Waals surface area contributed by atoms with E-state index in [1.165, 1.54) is 42.5 Å². The minimum Gasteiger partial charge on any atom is -0.451 e.